The highest BCUT2D eigenvalue weighted by Gasteiger charge is 2.30. The van der Waals surface area contributed by atoms with E-state index in [1.165, 1.54) is 6.07 Å². The van der Waals surface area contributed by atoms with E-state index in [4.69, 9.17) is 5.73 Å². The Morgan fingerprint density at radius 1 is 1.19 bits per heavy atom. The minimum atomic E-state index is -0.350. The SMILES string of the molecule is Nc1cccc(-c2nc3c(F)cccc3n2C2CC2)c1O. The van der Waals surface area contributed by atoms with Crippen LogP contribution in [-0.2, 0) is 0 Å². The number of nitrogens with two attached hydrogens (primary N) is 1. The molecule has 3 N–H and O–H groups in total. The Labute approximate surface area is 120 Å². The molecular weight excluding hydrogens is 269 g/mol. The summed E-state index contributed by atoms with van der Waals surface area (Å²) in [4.78, 5) is 4.42. The molecule has 1 fully saturated rings. The van der Waals surface area contributed by atoms with Gasteiger partial charge in [0.2, 0.25) is 0 Å². The van der Waals surface area contributed by atoms with Gasteiger partial charge in [-0.05, 0) is 37.1 Å². The molecule has 0 amide bonds. The number of benzene rings is 2. The number of fused-ring (bicyclic) bond motifs is 1. The number of nitrogen functional groups attached to an aromatic ring is 1. The summed E-state index contributed by atoms with van der Waals surface area (Å²) in [5.41, 5.74) is 7.69. The quantitative estimate of drug-likeness (QED) is 0.559. The van der Waals surface area contributed by atoms with Gasteiger partial charge in [0.15, 0.2) is 5.82 Å². The lowest BCUT2D eigenvalue weighted by Gasteiger charge is -2.10. The zero-order valence-electron chi connectivity index (χ0n) is 11.3. The Balaban J connectivity index is 2.06. The molecule has 2 aromatic carbocycles. The molecule has 1 aromatic heterocycles. The second kappa shape index (κ2) is 4.22. The van der Waals surface area contributed by atoms with E-state index >= 15 is 0 Å². The number of anilines is 1. The molecule has 4 rings (SSSR count). The van der Waals surface area contributed by atoms with Crippen molar-refractivity contribution in [3.05, 3.63) is 42.2 Å². The number of hydrogen-bond acceptors (Lipinski definition) is 3. The molecule has 106 valence electrons. The maximum atomic E-state index is 14.0. The van der Waals surface area contributed by atoms with Crippen molar-refractivity contribution in [2.75, 3.05) is 5.73 Å². The van der Waals surface area contributed by atoms with Gasteiger partial charge in [-0.15, -0.1) is 0 Å². The molecule has 0 bridgehead atoms. The van der Waals surface area contributed by atoms with Gasteiger partial charge < -0.3 is 15.4 Å². The van der Waals surface area contributed by atoms with Gasteiger partial charge in [0, 0.05) is 6.04 Å². The number of phenolic OH excluding ortho intramolecular Hbond substituents is 1. The van der Waals surface area contributed by atoms with Crippen LogP contribution in [0.15, 0.2) is 36.4 Å². The number of phenols is 1. The van der Waals surface area contributed by atoms with Crippen LogP contribution >= 0.6 is 0 Å². The number of hydrogen-bond donors (Lipinski definition) is 2. The van der Waals surface area contributed by atoms with Crippen LogP contribution in [0.3, 0.4) is 0 Å². The monoisotopic (exact) mass is 283 g/mol. The van der Waals surface area contributed by atoms with Crippen LogP contribution < -0.4 is 5.73 Å². The Kier molecular flexibility index (Phi) is 2.45. The highest BCUT2D eigenvalue weighted by Crippen LogP contribution is 2.43. The zero-order valence-corrected chi connectivity index (χ0v) is 11.3. The van der Waals surface area contributed by atoms with Crippen molar-refractivity contribution in [3.63, 3.8) is 0 Å². The second-order valence-electron chi connectivity index (χ2n) is 5.39. The molecule has 0 aliphatic heterocycles. The molecule has 0 saturated heterocycles. The standard InChI is InChI=1S/C16H14FN3O/c17-11-4-2-6-13-14(11)19-16(20(13)9-7-8-9)10-3-1-5-12(18)15(10)21/h1-6,9,21H,7-8,18H2. The minimum absolute atomic E-state index is 0.00452. The third-order valence-electron chi connectivity index (χ3n) is 3.89. The maximum absolute atomic E-state index is 14.0. The molecule has 0 unspecified atom stereocenters. The van der Waals surface area contributed by atoms with E-state index in [1.54, 1.807) is 24.3 Å². The second-order valence-corrected chi connectivity index (χ2v) is 5.39. The van der Waals surface area contributed by atoms with Crippen molar-refractivity contribution in [2.24, 2.45) is 0 Å². The van der Waals surface area contributed by atoms with Gasteiger partial charge in [0.25, 0.3) is 0 Å². The highest BCUT2D eigenvalue weighted by atomic mass is 19.1. The predicted octanol–water partition coefficient (Wildman–Crippen LogP) is 3.47. The van der Waals surface area contributed by atoms with E-state index < -0.39 is 0 Å². The van der Waals surface area contributed by atoms with Crippen LogP contribution in [0.4, 0.5) is 10.1 Å². The first-order valence-corrected chi connectivity index (χ1v) is 6.91. The molecule has 0 spiro atoms. The third kappa shape index (κ3) is 1.77. The fourth-order valence-corrected chi connectivity index (χ4v) is 2.72. The first-order valence-electron chi connectivity index (χ1n) is 6.91. The number of rotatable bonds is 2. The van der Waals surface area contributed by atoms with Crippen LogP contribution in [0.25, 0.3) is 22.4 Å². The smallest absolute Gasteiger partial charge is 0.151 e. The van der Waals surface area contributed by atoms with Gasteiger partial charge in [-0.1, -0.05) is 12.1 Å². The summed E-state index contributed by atoms with van der Waals surface area (Å²) >= 11 is 0. The molecule has 3 aromatic rings. The Bertz CT molecular complexity index is 852. The first-order chi connectivity index (χ1) is 10.2. The lowest BCUT2D eigenvalue weighted by Crippen LogP contribution is -1.98. The van der Waals surface area contributed by atoms with Crippen LogP contribution in [-0.4, -0.2) is 14.7 Å². The predicted molar refractivity (Wildman–Crippen MR) is 79.5 cm³/mol. The third-order valence-corrected chi connectivity index (χ3v) is 3.89. The van der Waals surface area contributed by atoms with E-state index in [1.807, 2.05) is 10.6 Å². The lowest BCUT2D eigenvalue weighted by atomic mass is 10.1. The Morgan fingerprint density at radius 2 is 1.95 bits per heavy atom. The van der Waals surface area contributed by atoms with Crippen molar-refractivity contribution in [1.29, 1.82) is 0 Å². The number of nitrogens with zero attached hydrogens (tertiary/aromatic N) is 2. The van der Waals surface area contributed by atoms with E-state index in [0.717, 1.165) is 18.4 Å². The molecule has 21 heavy (non-hydrogen) atoms. The largest absolute Gasteiger partial charge is 0.505 e. The molecule has 5 heteroatoms. The van der Waals surface area contributed by atoms with Gasteiger partial charge in [0.1, 0.15) is 17.1 Å². The zero-order chi connectivity index (χ0) is 14.6. The average Bonchev–Trinajstić information content (AvgIpc) is 3.23. The topological polar surface area (TPSA) is 64.1 Å². The van der Waals surface area contributed by atoms with Gasteiger partial charge in [-0.25, -0.2) is 9.37 Å². The normalized spacial score (nSPS) is 14.7. The number of halogens is 1. The first kappa shape index (κ1) is 12.2. The summed E-state index contributed by atoms with van der Waals surface area (Å²) < 4.78 is 16.0. The Hall–Kier alpha value is -2.56. The molecular formula is C16H14FN3O. The fraction of sp³-hybridized carbons (Fsp3) is 0.188. The molecule has 0 atom stereocenters. The van der Waals surface area contributed by atoms with Crippen molar-refractivity contribution in [3.8, 4) is 17.1 Å². The van der Waals surface area contributed by atoms with Crippen LogP contribution in [0.1, 0.15) is 18.9 Å². The summed E-state index contributed by atoms with van der Waals surface area (Å²) in [5.74, 6) is 0.217. The number of aromatic hydroxyl groups is 1. The van der Waals surface area contributed by atoms with Gasteiger partial charge in [0.05, 0.1) is 16.8 Å². The van der Waals surface area contributed by atoms with Crippen molar-refractivity contribution in [2.45, 2.75) is 18.9 Å². The minimum Gasteiger partial charge on any atom is -0.505 e. The lowest BCUT2D eigenvalue weighted by molar-refractivity contribution is 0.479. The Morgan fingerprint density at radius 3 is 2.71 bits per heavy atom. The van der Waals surface area contributed by atoms with Crippen molar-refractivity contribution < 1.29 is 9.50 Å². The van der Waals surface area contributed by atoms with Gasteiger partial charge in [-0.3, -0.25) is 0 Å². The fourth-order valence-electron chi connectivity index (χ4n) is 2.72. The highest BCUT2D eigenvalue weighted by molar-refractivity contribution is 5.84. The molecule has 1 saturated carbocycles. The van der Waals surface area contributed by atoms with E-state index in [9.17, 15) is 9.50 Å². The molecule has 1 aliphatic carbocycles. The van der Waals surface area contributed by atoms with Gasteiger partial charge >= 0.3 is 0 Å². The molecule has 4 nitrogen and oxygen atoms in total. The van der Waals surface area contributed by atoms with E-state index in [0.29, 0.717) is 28.6 Å². The summed E-state index contributed by atoms with van der Waals surface area (Å²) in [6.45, 7) is 0. The van der Waals surface area contributed by atoms with Gasteiger partial charge in [-0.2, -0.15) is 0 Å². The number of para-hydroxylation sites is 2. The molecule has 0 radical (unpaired) electrons. The number of aromatic nitrogens is 2. The maximum Gasteiger partial charge on any atom is 0.151 e. The van der Waals surface area contributed by atoms with Crippen molar-refractivity contribution in [1.82, 2.24) is 9.55 Å². The van der Waals surface area contributed by atoms with Crippen LogP contribution in [0.5, 0.6) is 5.75 Å². The molecule has 1 heterocycles. The van der Waals surface area contributed by atoms with Crippen molar-refractivity contribution >= 4 is 16.7 Å². The summed E-state index contributed by atoms with van der Waals surface area (Å²) in [5, 5.41) is 10.2. The van der Waals surface area contributed by atoms with E-state index in [2.05, 4.69) is 4.98 Å². The summed E-state index contributed by atoms with van der Waals surface area (Å²) in [6, 6.07) is 10.4. The van der Waals surface area contributed by atoms with E-state index in [-0.39, 0.29) is 11.6 Å². The molecule has 1 aliphatic rings. The summed E-state index contributed by atoms with van der Waals surface area (Å²) in [7, 11) is 0. The number of imidazole rings is 1. The van der Waals surface area contributed by atoms with Crippen LogP contribution in [0, 0.1) is 5.82 Å². The summed E-state index contributed by atoms with van der Waals surface area (Å²) in [6.07, 6.45) is 2.08. The average molecular weight is 283 g/mol. The van der Waals surface area contributed by atoms with Crippen LogP contribution in [0.2, 0.25) is 0 Å².